The van der Waals surface area contributed by atoms with E-state index in [0.29, 0.717) is 23.8 Å². The molecule has 0 aliphatic carbocycles. The molecule has 0 heterocycles. The van der Waals surface area contributed by atoms with Crippen molar-refractivity contribution in [2.45, 2.75) is 13.8 Å². The van der Waals surface area contributed by atoms with E-state index in [1.54, 1.807) is 24.3 Å². The first-order chi connectivity index (χ1) is 10.5. The second-order valence-corrected chi connectivity index (χ2v) is 5.75. The van der Waals surface area contributed by atoms with E-state index in [9.17, 15) is 9.18 Å². The number of halogens is 2. The van der Waals surface area contributed by atoms with Gasteiger partial charge in [-0.05, 0) is 42.3 Å². The molecule has 0 aromatic heterocycles. The normalized spacial score (nSPS) is 10.6. The van der Waals surface area contributed by atoms with Gasteiger partial charge in [0, 0.05) is 10.6 Å². The van der Waals surface area contributed by atoms with Gasteiger partial charge in [0.1, 0.15) is 11.6 Å². The van der Waals surface area contributed by atoms with Gasteiger partial charge in [0.05, 0.1) is 12.3 Å². The zero-order chi connectivity index (χ0) is 16.1. The lowest BCUT2D eigenvalue weighted by Crippen LogP contribution is -2.13. The molecule has 1 amide bonds. The van der Waals surface area contributed by atoms with E-state index >= 15 is 0 Å². The molecule has 0 spiro atoms. The van der Waals surface area contributed by atoms with Gasteiger partial charge in [0.25, 0.3) is 5.91 Å². The molecule has 22 heavy (non-hydrogen) atoms. The number of nitrogens with one attached hydrogen (secondary N) is 1. The molecule has 2 aromatic rings. The second-order valence-electron chi connectivity index (χ2n) is 5.31. The number of ether oxygens (including phenoxy) is 1. The zero-order valence-electron chi connectivity index (χ0n) is 12.4. The summed E-state index contributed by atoms with van der Waals surface area (Å²) < 4.78 is 19.3. The van der Waals surface area contributed by atoms with Crippen molar-refractivity contribution >= 4 is 23.2 Å². The van der Waals surface area contributed by atoms with Gasteiger partial charge in [-0.1, -0.05) is 31.5 Å². The fraction of sp³-hybridized carbons (Fsp3) is 0.235. The van der Waals surface area contributed by atoms with E-state index in [4.69, 9.17) is 16.3 Å². The van der Waals surface area contributed by atoms with Crippen LogP contribution in [0, 0.1) is 11.7 Å². The smallest absolute Gasteiger partial charge is 0.255 e. The van der Waals surface area contributed by atoms with Gasteiger partial charge in [-0.2, -0.15) is 0 Å². The lowest BCUT2D eigenvalue weighted by molar-refractivity contribution is 0.102. The first-order valence-electron chi connectivity index (χ1n) is 6.95. The monoisotopic (exact) mass is 321 g/mol. The topological polar surface area (TPSA) is 38.3 Å². The Morgan fingerprint density at radius 1 is 1.27 bits per heavy atom. The van der Waals surface area contributed by atoms with Gasteiger partial charge in [-0.15, -0.1) is 0 Å². The quantitative estimate of drug-likeness (QED) is 0.861. The third kappa shape index (κ3) is 4.46. The largest absolute Gasteiger partial charge is 0.493 e. The average Bonchev–Trinajstić information content (AvgIpc) is 2.48. The van der Waals surface area contributed by atoms with Crippen LogP contribution >= 0.6 is 11.6 Å². The summed E-state index contributed by atoms with van der Waals surface area (Å²) in [5.41, 5.74) is 0.485. The second kappa shape index (κ2) is 7.27. The van der Waals surface area contributed by atoms with Gasteiger partial charge in [0.15, 0.2) is 0 Å². The molecule has 0 aliphatic heterocycles. The molecular formula is C17H17ClFNO2. The fourth-order valence-electron chi connectivity index (χ4n) is 1.78. The van der Waals surface area contributed by atoms with E-state index in [-0.39, 0.29) is 10.7 Å². The highest BCUT2D eigenvalue weighted by Crippen LogP contribution is 2.20. The number of hydrogen-bond donors (Lipinski definition) is 1. The highest BCUT2D eigenvalue weighted by molar-refractivity contribution is 6.30. The molecule has 116 valence electrons. The van der Waals surface area contributed by atoms with Crippen LogP contribution in [0.4, 0.5) is 10.1 Å². The lowest BCUT2D eigenvalue weighted by Gasteiger charge is -2.10. The third-order valence-corrected chi connectivity index (χ3v) is 3.09. The minimum atomic E-state index is -0.576. The number of anilines is 1. The standard InChI is InChI=1S/C17H17ClFNO2/c1-11(2)10-22-14-5-3-4-12(8-14)17(21)20-16-7-6-13(18)9-15(16)19/h3-9,11H,10H2,1-2H3,(H,20,21). The summed E-state index contributed by atoms with van der Waals surface area (Å²) in [5.74, 6) is 0.0165. The van der Waals surface area contributed by atoms with Crippen LogP contribution in [-0.4, -0.2) is 12.5 Å². The Bertz CT molecular complexity index is 673. The van der Waals surface area contributed by atoms with Crippen LogP contribution < -0.4 is 10.1 Å². The maximum Gasteiger partial charge on any atom is 0.255 e. The molecule has 0 unspecified atom stereocenters. The predicted molar refractivity (Wildman–Crippen MR) is 86.1 cm³/mol. The van der Waals surface area contributed by atoms with Gasteiger partial charge in [-0.25, -0.2) is 4.39 Å². The highest BCUT2D eigenvalue weighted by atomic mass is 35.5. The highest BCUT2D eigenvalue weighted by Gasteiger charge is 2.10. The van der Waals surface area contributed by atoms with Gasteiger partial charge in [0.2, 0.25) is 0 Å². The van der Waals surface area contributed by atoms with Crippen LogP contribution in [-0.2, 0) is 0 Å². The molecule has 0 saturated carbocycles. The van der Waals surface area contributed by atoms with E-state index < -0.39 is 11.7 Å². The van der Waals surface area contributed by atoms with Crippen molar-refractivity contribution in [3.05, 3.63) is 58.9 Å². The molecule has 5 heteroatoms. The summed E-state index contributed by atoms with van der Waals surface area (Å²) in [5, 5.41) is 2.80. The number of benzene rings is 2. The number of amides is 1. The van der Waals surface area contributed by atoms with E-state index in [1.807, 2.05) is 13.8 Å². The van der Waals surface area contributed by atoms with Crippen molar-refractivity contribution in [2.75, 3.05) is 11.9 Å². The van der Waals surface area contributed by atoms with E-state index in [2.05, 4.69) is 5.32 Å². The van der Waals surface area contributed by atoms with Crippen LogP contribution in [0.1, 0.15) is 24.2 Å². The van der Waals surface area contributed by atoms with Crippen LogP contribution in [0.2, 0.25) is 5.02 Å². The molecule has 3 nitrogen and oxygen atoms in total. The molecule has 2 rings (SSSR count). The Labute approximate surface area is 134 Å². The number of carbonyl (C=O) groups is 1. The lowest BCUT2D eigenvalue weighted by atomic mass is 10.2. The summed E-state index contributed by atoms with van der Waals surface area (Å²) in [6.45, 7) is 4.65. The van der Waals surface area contributed by atoms with Crippen LogP contribution in [0.25, 0.3) is 0 Å². The molecule has 0 bridgehead atoms. The molecular weight excluding hydrogens is 305 g/mol. The summed E-state index contributed by atoms with van der Waals surface area (Å²) in [4.78, 5) is 12.2. The van der Waals surface area contributed by atoms with Crippen molar-refractivity contribution in [2.24, 2.45) is 5.92 Å². The fourth-order valence-corrected chi connectivity index (χ4v) is 1.93. The molecule has 0 saturated heterocycles. The van der Waals surface area contributed by atoms with Crippen molar-refractivity contribution in [1.29, 1.82) is 0 Å². The Kier molecular flexibility index (Phi) is 5.39. The number of rotatable bonds is 5. The maximum atomic E-state index is 13.7. The van der Waals surface area contributed by atoms with Crippen molar-refractivity contribution < 1.29 is 13.9 Å². The molecule has 1 N–H and O–H groups in total. The Balaban J connectivity index is 2.10. The maximum absolute atomic E-state index is 13.7. The number of carbonyl (C=O) groups excluding carboxylic acids is 1. The molecule has 0 aliphatic rings. The minimum Gasteiger partial charge on any atom is -0.493 e. The van der Waals surface area contributed by atoms with Gasteiger partial charge < -0.3 is 10.1 Å². The van der Waals surface area contributed by atoms with Crippen molar-refractivity contribution in [1.82, 2.24) is 0 Å². The van der Waals surface area contributed by atoms with Gasteiger partial charge >= 0.3 is 0 Å². The first kappa shape index (κ1) is 16.3. The Morgan fingerprint density at radius 3 is 2.73 bits per heavy atom. The zero-order valence-corrected chi connectivity index (χ0v) is 13.2. The Morgan fingerprint density at radius 2 is 2.05 bits per heavy atom. The van der Waals surface area contributed by atoms with Crippen molar-refractivity contribution in [3.8, 4) is 5.75 Å². The summed E-state index contributed by atoms with van der Waals surface area (Å²) in [6.07, 6.45) is 0. The molecule has 2 aromatic carbocycles. The van der Waals surface area contributed by atoms with Crippen LogP contribution in [0.5, 0.6) is 5.75 Å². The molecule has 0 fully saturated rings. The molecule has 0 atom stereocenters. The minimum absolute atomic E-state index is 0.0860. The SMILES string of the molecule is CC(C)COc1cccc(C(=O)Nc2ccc(Cl)cc2F)c1. The van der Waals surface area contributed by atoms with Gasteiger partial charge in [-0.3, -0.25) is 4.79 Å². The summed E-state index contributed by atoms with van der Waals surface area (Å²) in [7, 11) is 0. The van der Waals surface area contributed by atoms with Crippen LogP contribution in [0.3, 0.4) is 0 Å². The van der Waals surface area contributed by atoms with Crippen molar-refractivity contribution in [3.63, 3.8) is 0 Å². The van der Waals surface area contributed by atoms with E-state index in [1.165, 1.54) is 12.1 Å². The number of hydrogen-bond acceptors (Lipinski definition) is 2. The summed E-state index contributed by atoms with van der Waals surface area (Å²) >= 11 is 5.68. The predicted octanol–water partition coefficient (Wildman–Crippen LogP) is 4.77. The molecule has 0 radical (unpaired) electrons. The summed E-state index contributed by atoms with van der Waals surface area (Å²) in [6, 6.07) is 10.9. The van der Waals surface area contributed by atoms with Crippen LogP contribution in [0.15, 0.2) is 42.5 Å². The first-order valence-corrected chi connectivity index (χ1v) is 7.33. The third-order valence-electron chi connectivity index (χ3n) is 2.86. The Hall–Kier alpha value is -2.07. The van der Waals surface area contributed by atoms with E-state index in [0.717, 1.165) is 6.07 Å². The average molecular weight is 322 g/mol.